The molecule has 4 nitrogen and oxygen atoms in total. The van der Waals surface area contributed by atoms with Gasteiger partial charge < -0.3 is 14.7 Å². The zero-order valence-electron chi connectivity index (χ0n) is 10.3. The van der Waals surface area contributed by atoms with Gasteiger partial charge in [-0.1, -0.05) is 0 Å². The molecule has 2 heterocycles. The summed E-state index contributed by atoms with van der Waals surface area (Å²) < 4.78 is 5.40. The van der Waals surface area contributed by atoms with Gasteiger partial charge in [0, 0.05) is 24.6 Å². The molecule has 0 aromatic rings. The number of aliphatic hydroxyl groups is 1. The fraction of sp³-hybridized carbons (Fsp3) is 0.917. The van der Waals surface area contributed by atoms with E-state index in [1.807, 2.05) is 25.7 Å². The van der Waals surface area contributed by atoms with E-state index in [0.717, 1.165) is 19.3 Å². The Balaban J connectivity index is 2.03. The molecule has 3 atom stereocenters. The molecule has 0 spiro atoms. The number of hydrogen-bond acceptors (Lipinski definition) is 3. The summed E-state index contributed by atoms with van der Waals surface area (Å²) in [5, 5.41) is 9.24. The van der Waals surface area contributed by atoms with Crippen molar-refractivity contribution in [3.63, 3.8) is 0 Å². The maximum Gasteiger partial charge on any atom is 0.410 e. The van der Waals surface area contributed by atoms with E-state index >= 15 is 0 Å². The Kier molecular flexibility index (Phi) is 2.86. The normalized spacial score (nSPS) is 33.2. The third-order valence-corrected chi connectivity index (χ3v) is 3.50. The molecule has 2 rings (SSSR count). The molecule has 4 heteroatoms. The van der Waals surface area contributed by atoms with Gasteiger partial charge in [0.25, 0.3) is 0 Å². The lowest BCUT2D eigenvalue weighted by atomic mass is 9.90. The fourth-order valence-electron chi connectivity index (χ4n) is 2.91. The van der Waals surface area contributed by atoms with Crippen LogP contribution in [0, 0.1) is 5.92 Å². The molecule has 0 aromatic heterocycles. The standard InChI is InChI=1S/C12H21NO3/c1-12(2,3)16-11(15)13-9-4-5-10(13)8(6-9)7-14/h8-10,14H,4-7H2,1-3H3/t8-,9+,10-/m1/s1. The highest BCUT2D eigenvalue weighted by molar-refractivity contribution is 5.70. The molecule has 2 aliphatic rings. The Morgan fingerprint density at radius 3 is 2.62 bits per heavy atom. The summed E-state index contributed by atoms with van der Waals surface area (Å²) in [6.45, 7) is 5.83. The van der Waals surface area contributed by atoms with Crippen molar-refractivity contribution < 1.29 is 14.6 Å². The predicted octanol–water partition coefficient (Wildman–Crippen LogP) is 1.77. The minimum Gasteiger partial charge on any atom is -0.444 e. The van der Waals surface area contributed by atoms with Crippen molar-refractivity contribution in [1.29, 1.82) is 0 Å². The van der Waals surface area contributed by atoms with Gasteiger partial charge in [0.05, 0.1) is 0 Å². The van der Waals surface area contributed by atoms with Crippen molar-refractivity contribution in [1.82, 2.24) is 4.90 Å². The van der Waals surface area contributed by atoms with Crippen molar-refractivity contribution in [2.45, 2.75) is 57.7 Å². The lowest BCUT2D eigenvalue weighted by molar-refractivity contribution is 0.0197. The SMILES string of the molecule is CC(C)(C)OC(=O)N1[C@H]2CC[C@@H]1[C@@H](CO)C2. The second-order valence-corrected chi connectivity index (χ2v) is 5.86. The van der Waals surface area contributed by atoms with Gasteiger partial charge in [-0.05, 0) is 40.0 Å². The second-order valence-electron chi connectivity index (χ2n) is 5.86. The Labute approximate surface area is 96.6 Å². The lowest BCUT2D eigenvalue weighted by Gasteiger charge is -2.28. The van der Waals surface area contributed by atoms with Crippen LogP contribution in [0.5, 0.6) is 0 Å². The van der Waals surface area contributed by atoms with E-state index in [4.69, 9.17) is 4.74 Å². The number of rotatable bonds is 1. The summed E-state index contributed by atoms with van der Waals surface area (Å²) in [6, 6.07) is 0.488. The largest absolute Gasteiger partial charge is 0.444 e. The summed E-state index contributed by atoms with van der Waals surface area (Å²) in [5.41, 5.74) is -0.437. The van der Waals surface area contributed by atoms with Gasteiger partial charge in [-0.2, -0.15) is 0 Å². The Bertz CT molecular complexity index is 284. The summed E-state index contributed by atoms with van der Waals surface area (Å²) in [6.07, 6.45) is 2.78. The minimum atomic E-state index is -0.437. The molecule has 0 aliphatic carbocycles. The predicted molar refractivity (Wildman–Crippen MR) is 60.1 cm³/mol. The number of carbonyl (C=O) groups is 1. The lowest BCUT2D eigenvalue weighted by Crippen LogP contribution is -2.40. The van der Waals surface area contributed by atoms with Gasteiger partial charge in [-0.25, -0.2) is 4.79 Å². The number of ether oxygens (including phenoxy) is 1. The number of hydrogen-bond donors (Lipinski definition) is 1. The number of amides is 1. The molecular weight excluding hydrogens is 206 g/mol. The van der Waals surface area contributed by atoms with Crippen molar-refractivity contribution in [3.8, 4) is 0 Å². The molecule has 1 N–H and O–H groups in total. The smallest absolute Gasteiger partial charge is 0.410 e. The quantitative estimate of drug-likeness (QED) is 0.742. The molecule has 0 unspecified atom stereocenters. The molecule has 16 heavy (non-hydrogen) atoms. The Morgan fingerprint density at radius 2 is 2.12 bits per heavy atom. The Hall–Kier alpha value is -0.770. The third kappa shape index (κ3) is 2.03. The third-order valence-electron chi connectivity index (χ3n) is 3.50. The first kappa shape index (κ1) is 11.7. The molecule has 0 radical (unpaired) electrons. The summed E-state index contributed by atoms with van der Waals surface area (Å²) in [4.78, 5) is 13.9. The van der Waals surface area contributed by atoms with Gasteiger partial charge >= 0.3 is 6.09 Å². The van der Waals surface area contributed by atoms with Crippen LogP contribution in [-0.4, -0.2) is 40.4 Å². The highest BCUT2D eigenvalue weighted by Crippen LogP contribution is 2.42. The van der Waals surface area contributed by atoms with Crippen LogP contribution in [-0.2, 0) is 4.74 Å². The molecule has 2 fully saturated rings. The number of fused-ring (bicyclic) bond motifs is 2. The molecule has 0 aromatic carbocycles. The van der Waals surface area contributed by atoms with E-state index in [1.54, 1.807) is 0 Å². The Morgan fingerprint density at radius 1 is 1.44 bits per heavy atom. The fourth-order valence-corrected chi connectivity index (χ4v) is 2.91. The number of nitrogens with zero attached hydrogens (tertiary/aromatic N) is 1. The molecule has 2 aliphatic heterocycles. The van der Waals surface area contributed by atoms with Crippen LogP contribution in [0.2, 0.25) is 0 Å². The van der Waals surface area contributed by atoms with Crippen LogP contribution in [0.15, 0.2) is 0 Å². The van der Waals surface area contributed by atoms with Crippen LogP contribution < -0.4 is 0 Å². The van der Waals surface area contributed by atoms with Gasteiger partial charge in [0.15, 0.2) is 0 Å². The average Bonchev–Trinajstić information content (AvgIpc) is 2.70. The van der Waals surface area contributed by atoms with Crippen LogP contribution >= 0.6 is 0 Å². The van der Waals surface area contributed by atoms with Crippen LogP contribution in [0.1, 0.15) is 40.0 Å². The summed E-state index contributed by atoms with van der Waals surface area (Å²) in [5.74, 6) is 0.256. The first-order valence-corrected chi connectivity index (χ1v) is 6.04. The van der Waals surface area contributed by atoms with E-state index in [-0.39, 0.29) is 30.7 Å². The number of aliphatic hydroxyl groups excluding tert-OH is 1. The van der Waals surface area contributed by atoms with Gasteiger partial charge in [0.1, 0.15) is 5.60 Å². The molecule has 2 saturated heterocycles. The van der Waals surface area contributed by atoms with Crippen LogP contribution in [0.3, 0.4) is 0 Å². The van der Waals surface area contributed by atoms with Gasteiger partial charge in [-0.3, -0.25) is 0 Å². The maximum atomic E-state index is 12.0. The molecule has 1 amide bonds. The first-order chi connectivity index (χ1) is 7.42. The van der Waals surface area contributed by atoms with E-state index in [0.29, 0.717) is 0 Å². The second kappa shape index (κ2) is 3.91. The highest BCUT2D eigenvalue weighted by atomic mass is 16.6. The topological polar surface area (TPSA) is 49.8 Å². The van der Waals surface area contributed by atoms with Gasteiger partial charge in [0.2, 0.25) is 0 Å². The van der Waals surface area contributed by atoms with Crippen molar-refractivity contribution in [3.05, 3.63) is 0 Å². The summed E-state index contributed by atoms with van der Waals surface area (Å²) >= 11 is 0. The zero-order chi connectivity index (χ0) is 11.9. The molecule has 0 saturated carbocycles. The average molecular weight is 227 g/mol. The maximum absolute atomic E-state index is 12.0. The van der Waals surface area contributed by atoms with E-state index in [1.165, 1.54) is 0 Å². The van der Waals surface area contributed by atoms with E-state index < -0.39 is 5.60 Å². The van der Waals surface area contributed by atoms with E-state index in [2.05, 4.69) is 0 Å². The highest BCUT2D eigenvalue weighted by Gasteiger charge is 2.49. The van der Waals surface area contributed by atoms with E-state index in [9.17, 15) is 9.90 Å². The molecule has 92 valence electrons. The van der Waals surface area contributed by atoms with Crippen molar-refractivity contribution in [2.75, 3.05) is 6.61 Å². The molecular formula is C12H21NO3. The van der Waals surface area contributed by atoms with Crippen LogP contribution in [0.25, 0.3) is 0 Å². The zero-order valence-corrected chi connectivity index (χ0v) is 10.3. The van der Waals surface area contributed by atoms with Crippen LogP contribution in [0.4, 0.5) is 4.79 Å². The van der Waals surface area contributed by atoms with Crippen molar-refractivity contribution >= 4 is 6.09 Å². The van der Waals surface area contributed by atoms with Gasteiger partial charge in [-0.15, -0.1) is 0 Å². The monoisotopic (exact) mass is 227 g/mol. The minimum absolute atomic E-state index is 0.181. The van der Waals surface area contributed by atoms with Crippen molar-refractivity contribution in [2.24, 2.45) is 5.92 Å². The first-order valence-electron chi connectivity index (χ1n) is 6.04. The number of carbonyl (C=O) groups excluding carboxylic acids is 1. The summed E-state index contributed by atoms with van der Waals surface area (Å²) in [7, 11) is 0. The molecule has 2 bridgehead atoms.